The molecule has 1 fully saturated rings. The van der Waals surface area contributed by atoms with E-state index in [2.05, 4.69) is 20.1 Å². The first-order chi connectivity index (χ1) is 7.77. The molecule has 1 aliphatic rings. The van der Waals surface area contributed by atoms with E-state index < -0.39 is 0 Å². The van der Waals surface area contributed by atoms with Crippen molar-refractivity contribution in [2.75, 3.05) is 0 Å². The summed E-state index contributed by atoms with van der Waals surface area (Å²) < 4.78 is 3.72. The fourth-order valence-electron chi connectivity index (χ4n) is 1.69. The molecule has 5 nitrogen and oxygen atoms in total. The van der Waals surface area contributed by atoms with Crippen LogP contribution in [0, 0.1) is 6.92 Å². The van der Waals surface area contributed by atoms with Crippen molar-refractivity contribution >= 4 is 23.2 Å². The van der Waals surface area contributed by atoms with Crippen molar-refractivity contribution < 1.29 is 4.79 Å². The maximum absolute atomic E-state index is 11.7. The van der Waals surface area contributed by atoms with E-state index in [1.165, 1.54) is 19.3 Å². The van der Waals surface area contributed by atoms with E-state index in [1.807, 2.05) is 0 Å². The van der Waals surface area contributed by atoms with E-state index in [0.717, 1.165) is 30.1 Å². The molecule has 0 unspecified atom stereocenters. The highest BCUT2D eigenvalue weighted by Crippen LogP contribution is 2.14. The van der Waals surface area contributed by atoms with Crippen LogP contribution >= 0.6 is 11.5 Å². The predicted octanol–water partition coefficient (Wildman–Crippen LogP) is 1.90. The Kier molecular flexibility index (Phi) is 3.61. The van der Waals surface area contributed by atoms with Gasteiger partial charge in [0.05, 0.1) is 5.69 Å². The summed E-state index contributed by atoms with van der Waals surface area (Å²) in [6, 6.07) is 0. The second-order valence-electron chi connectivity index (χ2n) is 3.87. The Morgan fingerprint density at radius 3 is 2.75 bits per heavy atom. The maximum atomic E-state index is 11.7. The molecule has 1 amide bonds. The van der Waals surface area contributed by atoms with E-state index in [9.17, 15) is 4.79 Å². The van der Waals surface area contributed by atoms with Gasteiger partial charge in [0.2, 0.25) is 0 Å². The number of aromatic nitrogens is 2. The molecule has 1 aromatic heterocycles. The number of hydrogen-bond acceptors (Lipinski definition) is 5. The monoisotopic (exact) mass is 238 g/mol. The van der Waals surface area contributed by atoms with Crippen molar-refractivity contribution in [3.05, 3.63) is 10.6 Å². The quantitative estimate of drug-likeness (QED) is 0.800. The highest BCUT2D eigenvalue weighted by atomic mass is 32.1. The van der Waals surface area contributed by atoms with E-state index in [4.69, 9.17) is 0 Å². The number of nitrogens with one attached hydrogen (secondary N) is 1. The number of amides is 1. The normalized spacial score (nSPS) is 15.9. The largest absolute Gasteiger partial charge is 0.285 e. The number of aryl methyl sites for hydroxylation is 1. The summed E-state index contributed by atoms with van der Waals surface area (Å²) in [6.45, 7) is 1.77. The number of nitrogens with zero attached hydrogens (tertiary/aromatic N) is 3. The summed E-state index contributed by atoms with van der Waals surface area (Å²) in [6.07, 6.45) is 5.62. The molecule has 86 valence electrons. The van der Waals surface area contributed by atoms with Crippen molar-refractivity contribution in [2.45, 2.75) is 39.0 Å². The summed E-state index contributed by atoms with van der Waals surface area (Å²) in [7, 11) is 0. The first-order valence-electron chi connectivity index (χ1n) is 5.42. The molecule has 1 N–H and O–H groups in total. The zero-order valence-electron chi connectivity index (χ0n) is 9.19. The Labute approximate surface area is 98.1 Å². The Morgan fingerprint density at radius 1 is 1.38 bits per heavy atom. The minimum Gasteiger partial charge on any atom is -0.266 e. The van der Waals surface area contributed by atoms with Gasteiger partial charge in [-0.15, -0.1) is 5.10 Å². The van der Waals surface area contributed by atoms with Gasteiger partial charge in [-0.05, 0) is 44.1 Å². The zero-order chi connectivity index (χ0) is 11.4. The minimum absolute atomic E-state index is 0.203. The summed E-state index contributed by atoms with van der Waals surface area (Å²) in [5, 5.41) is 7.94. The van der Waals surface area contributed by atoms with Gasteiger partial charge in [0, 0.05) is 5.71 Å². The smallest absolute Gasteiger partial charge is 0.266 e. The Balaban J connectivity index is 1.95. The zero-order valence-corrected chi connectivity index (χ0v) is 10.0. The molecule has 6 heteroatoms. The molecule has 0 bridgehead atoms. The van der Waals surface area contributed by atoms with Crippen LogP contribution in [0.5, 0.6) is 0 Å². The van der Waals surface area contributed by atoms with Crippen LogP contribution in [0.2, 0.25) is 0 Å². The van der Waals surface area contributed by atoms with Gasteiger partial charge < -0.3 is 0 Å². The molecule has 1 heterocycles. The molecule has 0 saturated heterocycles. The first kappa shape index (κ1) is 11.2. The lowest BCUT2D eigenvalue weighted by Crippen LogP contribution is -2.20. The topological polar surface area (TPSA) is 67.2 Å². The molecule has 1 aromatic rings. The van der Waals surface area contributed by atoms with E-state index in [0.29, 0.717) is 10.6 Å². The molecule has 0 radical (unpaired) electrons. The van der Waals surface area contributed by atoms with Crippen LogP contribution in [0.3, 0.4) is 0 Å². The van der Waals surface area contributed by atoms with Crippen molar-refractivity contribution in [2.24, 2.45) is 5.10 Å². The first-order valence-corrected chi connectivity index (χ1v) is 6.19. The van der Waals surface area contributed by atoms with Crippen molar-refractivity contribution in [1.29, 1.82) is 0 Å². The van der Waals surface area contributed by atoms with E-state index in [-0.39, 0.29) is 5.91 Å². The average molecular weight is 238 g/mol. The van der Waals surface area contributed by atoms with Gasteiger partial charge in [0.15, 0.2) is 0 Å². The van der Waals surface area contributed by atoms with E-state index in [1.54, 1.807) is 6.92 Å². The van der Waals surface area contributed by atoms with Crippen LogP contribution in [0.1, 0.15) is 47.5 Å². The molecule has 0 spiro atoms. The second-order valence-corrected chi connectivity index (χ2v) is 4.62. The summed E-state index contributed by atoms with van der Waals surface area (Å²) >= 11 is 1.10. The molecule has 0 aromatic carbocycles. The Hall–Kier alpha value is -1.30. The fourth-order valence-corrected chi connectivity index (χ4v) is 2.24. The summed E-state index contributed by atoms with van der Waals surface area (Å²) in [4.78, 5) is 12.2. The number of carbonyl (C=O) groups excluding carboxylic acids is 1. The number of carbonyl (C=O) groups is 1. The van der Waals surface area contributed by atoms with Gasteiger partial charge >= 0.3 is 0 Å². The molecule has 0 aliphatic heterocycles. The lowest BCUT2D eigenvalue weighted by atomic mass is 9.99. The number of rotatable bonds is 2. The van der Waals surface area contributed by atoms with Crippen molar-refractivity contribution in [3.63, 3.8) is 0 Å². The molecular weight excluding hydrogens is 224 g/mol. The van der Waals surface area contributed by atoms with Crippen molar-refractivity contribution in [1.82, 2.24) is 15.0 Å². The SMILES string of the molecule is Cc1nnsc1C(=O)NN=C1CCCCC1. The summed E-state index contributed by atoms with van der Waals surface area (Å²) in [5.41, 5.74) is 4.33. The molecule has 2 rings (SSSR count). The highest BCUT2D eigenvalue weighted by Gasteiger charge is 2.13. The van der Waals surface area contributed by atoms with Crippen LogP contribution in [-0.2, 0) is 0 Å². The highest BCUT2D eigenvalue weighted by molar-refractivity contribution is 7.07. The third-order valence-corrected chi connectivity index (χ3v) is 3.43. The molecule has 0 atom stereocenters. The molecule has 1 saturated carbocycles. The lowest BCUT2D eigenvalue weighted by Gasteiger charge is -2.11. The minimum atomic E-state index is -0.203. The van der Waals surface area contributed by atoms with Gasteiger partial charge in [0.1, 0.15) is 4.88 Å². The van der Waals surface area contributed by atoms with Gasteiger partial charge in [-0.2, -0.15) is 5.10 Å². The Morgan fingerprint density at radius 2 is 2.12 bits per heavy atom. The van der Waals surface area contributed by atoms with Crippen molar-refractivity contribution in [3.8, 4) is 0 Å². The standard InChI is InChI=1S/C10H14N4OS/c1-7-9(16-14-11-7)10(15)13-12-8-5-3-2-4-6-8/h2-6H2,1H3,(H,13,15). The lowest BCUT2D eigenvalue weighted by molar-refractivity contribution is 0.0958. The Bertz CT molecular complexity index is 405. The molecule has 16 heavy (non-hydrogen) atoms. The number of hydrogen-bond donors (Lipinski definition) is 1. The van der Waals surface area contributed by atoms with Crippen LogP contribution in [0.15, 0.2) is 5.10 Å². The van der Waals surface area contributed by atoms with Crippen LogP contribution < -0.4 is 5.43 Å². The third-order valence-electron chi connectivity index (χ3n) is 2.60. The molecular formula is C10H14N4OS. The van der Waals surface area contributed by atoms with E-state index >= 15 is 0 Å². The van der Waals surface area contributed by atoms with Gasteiger partial charge in [0.25, 0.3) is 5.91 Å². The van der Waals surface area contributed by atoms with Crippen LogP contribution in [-0.4, -0.2) is 21.2 Å². The van der Waals surface area contributed by atoms with Crippen LogP contribution in [0.25, 0.3) is 0 Å². The third kappa shape index (κ3) is 2.63. The maximum Gasteiger partial charge on any atom is 0.285 e. The van der Waals surface area contributed by atoms with Gasteiger partial charge in [-0.25, -0.2) is 5.43 Å². The predicted molar refractivity (Wildman–Crippen MR) is 62.6 cm³/mol. The molecule has 1 aliphatic carbocycles. The van der Waals surface area contributed by atoms with Gasteiger partial charge in [-0.3, -0.25) is 4.79 Å². The number of hydrazone groups is 1. The van der Waals surface area contributed by atoms with Crippen LogP contribution in [0.4, 0.5) is 0 Å². The second kappa shape index (κ2) is 5.16. The van der Waals surface area contributed by atoms with Gasteiger partial charge in [-0.1, -0.05) is 10.9 Å². The average Bonchev–Trinajstić information content (AvgIpc) is 2.74. The summed E-state index contributed by atoms with van der Waals surface area (Å²) in [5.74, 6) is -0.203. The fraction of sp³-hybridized carbons (Fsp3) is 0.600.